The molecule has 0 saturated heterocycles. The number of aromatic nitrogens is 2. The van der Waals surface area contributed by atoms with Gasteiger partial charge >= 0.3 is 0 Å². The van der Waals surface area contributed by atoms with E-state index in [0.717, 1.165) is 45.4 Å². The van der Waals surface area contributed by atoms with Crippen molar-refractivity contribution in [3.8, 4) is 11.4 Å². The molecule has 0 saturated carbocycles. The normalized spacial score (nSPS) is 11.2. The van der Waals surface area contributed by atoms with Gasteiger partial charge in [0.1, 0.15) is 0 Å². The van der Waals surface area contributed by atoms with E-state index in [9.17, 15) is 4.79 Å². The van der Waals surface area contributed by atoms with Crippen LogP contribution in [0.5, 0.6) is 0 Å². The molecule has 0 spiro atoms. The van der Waals surface area contributed by atoms with Crippen molar-refractivity contribution in [3.05, 3.63) is 101 Å². The summed E-state index contributed by atoms with van der Waals surface area (Å²) < 4.78 is 4.34. The van der Waals surface area contributed by atoms with Crippen molar-refractivity contribution in [2.24, 2.45) is 5.10 Å². The molecule has 0 aliphatic rings. The summed E-state index contributed by atoms with van der Waals surface area (Å²) in [6, 6.07) is 22.2. The summed E-state index contributed by atoms with van der Waals surface area (Å²) in [4.78, 5) is 14.7. The average molecular weight is 454 g/mol. The van der Waals surface area contributed by atoms with E-state index in [1.54, 1.807) is 6.21 Å². The lowest BCUT2D eigenvalue weighted by molar-refractivity contribution is 0.0955. The lowest BCUT2D eigenvalue weighted by atomic mass is 10.2. The molecule has 174 valence electrons. The monoisotopic (exact) mass is 453 g/mol. The first-order valence-electron chi connectivity index (χ1n) is 11.3. The maximum Gasteiger partial charge on any atom is 0.271 e. The van der Waals surface area contributed by atoms with Crippen LogP contribution in [0.15, 0.2) is 71.8 Å². The van der Waals surface area contributed by atoms with Gasteiger partial charge in [-0.05, 0) is 94.4 Å². The number of amides is 1. The molecule has 0 unspecified atom stereocenters. The molecule has 0 atom stereocenters. The van der Waals surface area contributed by atoms with Gasteiger partial charge in [0, 0.05) is 65.1 Å². The predicted molar refractivity (Wildman–Crippen MR) is 140 cm³/mol. The van der Waals surface area contributed by atoms with Crippen molar-refractivity contribution >= 4 is 17.8 Å². The summed E-state index contributed by atoms with van der Waals surface area (Å²) >= 11 is 0. The van der Waals surface area contributed by atoms with Gasteiger partial charge in [-0.2, -0.15) is 5.10 Å². The zero-order valence-electron chi connectivity index (χ0n) is 20.6. The molecular weight excluding hydrogens is 422 g/mol. The quantitative estimate of drug-likeness (QED) is 0.317. The lowest BCUT2D eigenvalue weighted by Gasteiger charge is -2.14. The summed E-state index contributed by atoms with van der Waals surface area (Å²) in [5, 5.41) is 4.21. The minimum Gasteiger partial charge on any atom is -0.378 e. The van der Waals surface area contributed by atoms with E-state index >= 15 is 0 Å². The summed E-state index contributed by atoms with van der Waals surface area (Å²) in [5.41, 5.74) is 11.9. The van der Waals surface area contributed by atoms with Crippen molar-refractivity contribution in [1.29, 1.82) is 0 Å². The summed E-state index contributed by atoms with van der Waals surface area (Å²) in [5.74, 6) is -0.239. The van der Waals surface area contributed by atoms with E-state index in [4.69, 9.17) is 0 Å². The number of nitrogens with zero attached hydrogens (tertiary/aromatic N) is 4. The fraction of sp³-hybridized carbons (Fsp3) is 0.214. The molecule has 1 N–H and O–H groups in total. The number of carbonyl (C=O) groups excluding carboxylic acids is 1. The van der Waals surface area contributed by atoms with Crippen molar-refractivity contribution in [3.63, 3.8) is 0 Å². The van der Waals surface area contributed by atoms with Crippen LogP contribution in [-0.4, -0.2) is 35.4 Å². The second-order valence-electron chi connectivity index (χ2n) is 8.77. The molecule has 4 aromatic rings. The van der Waals surface area contributed by atoms with Crippen LogP contribution in [0.25, 0.3) is 11.4 Å². The number of carbonyl (C=O) groups is 1. The Labute approximate surface area is 201 Å². The van der Waals surface area contributed by atoms with Crippen LogP contribution in [0.1, 0.15) is 38.7 Å². The first-order chi connectivity index (χ1) is 16.3. The average Bonchev–Trinajstić information content (AvgIpc) is 3.30. The highest BCUT2D eigenvalue weighted by atomic mass is 16.2. The van der Waals surface area contributed by atoms with E-state index < -0.39 is 0 Å². The SMILES string of the molecule is Cc1ccc(C)n1-c1ccc(C(=O)N/N=C\c2cc(C)n(-c3ccc(N(C)C)cc3)c2C)cc1. The third kappa shape index (κ3) is 4.53. The highest BCUT2D eigenvalue weighted by Gasteiger charge is 2.11. The summed E-state index contributed by atoms with van der Waals surface area (Å²) in [6.45, 7) is 8.26. The molecule has 0 radical (unpaired) electrons. The largest absolute Gasteiger partial charge is 0.378 e. The molecule has 2 aromatic carbocycles. The van der Waals surface area contributed by atoms with Crippen molar-refractivity contribution < 1.29 is 4.79 Å². The van der Waals surface area contributed by atoms with E-state index in [1.807, 2.05) is 38.4 Å². The molecular formula is C28H31N5O. The van der Waals surface area contributed by atoms with Gasteiger partial charge in [-0.1, -0.05) is 0 Å². The van der Waals surface area contributed by atoms with Gasteiger partial charge in [-0.3, -0.25) is 4.79 Å². The van der Waals surface area contributed by atoms with Gasteiger partial charge in [-0.15, -0.1) is 0 Å². The van der Waals surface area contributed by atoms with Crippen LogP contribution < -0.4 is 10.3 Å². The zero-order valence-corrected chi connectivity index (χ0v) is 20.6. The maximum absolute atomic E-state index is 12.6. The minimum absolute atomic E-state index is 0.239. The Bertz CT molecular complexity index is 1320. The second kappa shape index (κ2) is 9.43. The molecule has 0 aliphatic carbocycles. The number of anilines is 1. The molecule has 0 fully saturated rings. The van der Waals surface area contributed by atoms with Gasteiger partial charge in [-0.25, -0.2) is 5.43 Å². The number of aryl methyl sites for hydroxylation is 3. The lowest BCUT2D eigenvalue weighted by Crippen LogP contribution is -2.17. The van der Waals surface area contributed by atoms with Crippen LogP contribution in [0.4, 0.5) is 5.69 Å². The van der Waals surface area contributed by atoms with Crippen LogP contribution in [0, 0.1) is 27.7 Å². The number of hydrogen-bond acceptors (Lipinski definition) is 3. The number of rotatable bonds is 6. The van der Waals surface area contributed by atoms with Crippen LogP contribution in [0.3, 0.4) is 0 Å². The number of hydrazone groups is 1. The number of benzene rings is 2. The maximum atomic E-state index is 12.6. The molecule has 2 aromatic heterocycles. The van der Waals surface area contributed by atoms with E-state index in [-0.39, 0.29) is 5.91 Å². The zero-order chi connectivity index (χ0) is 24.4. The van der Waals surface area contributed by atoms with Crippen molar-refractivity contribution in [2.75, 3.05) is 19.0 Å². The fourth-order valence-electron chi connectivity index (χ4n) is 4.28. The summed E-state index contributed by atoms with van der Waals surface area (Å²) in [6.07, 6.45) is 1.70. The second-order valence-corrected chi connectivity index (χ2v) is 8.77. The standard InChI is InChI=1S/C28H31N5O/c1-19-7-8-20(2)32(19)26-11-9-23(10-12-26)28(34)30-29-18-24-17-21(3)33(22(24)4)27-15-13-25(14-16-27)31(5)6/h7-18H,1-6H3,(H,30,34)/b29-18-. The molecule has 4 rings (SSSR count). The molecule has 6 heteroatoms. The third-order valence-electron chi connectivity index (χ3n) is 6.12. The topological polar surface area (TPSA) is 54.6 Å². The van der Waals surface area contributed by atoms with Crippen LogP contribution >= 0.6 is 0 Å². The Kier molecular flexibility index (Phi) is 6.41. The first kappa shape index (κ1) is 23.1. The van der Waals surface area contributed by atoms with Gasteiger partial charge in [0.05, 0.1) is 6.21 Å². The van der Waals surface area contributed by atoms with Gasteiger partial charge < -0.3 is 14.0 Å². The smallest absolute Gasteiger partial charge is 0.271 e. The van der Waals surface area contributed by atoms with E-state index in [1.165, 1.54) is 0 Å². The van der Waals surface area contributed by atoms with Gasteiger partial charge in [0.2, 0.25) is 0 Å². The Hall–Kier alpha value is -4.06. The van der Waals surface area contributed by atoms with E-state index in [0.29, 0.717) is 5.56 Å². The molecule has 1 amide bonds. The minimum atomic E-state index is -0.239. The molecule has 34 heavy (non-hydrogen) atoms. The van der Waals surface area contributed by atoms with Crippen LogP contribution in [-0.2, 0) is 0 Å². The highest BCUT2D eigenvalue weighted by molar-refractivity contribution is 5.95. The Morgan fingerprint density at radius 3 is 1.94 bits per heavy atom. The van der Waals surface area contributed by atoms with Crippen molar-refractivity contribution in [1.82, 2.24) is 14.6 Å². The first-order valence-corrected chi connectivity index (χ1v) is 11.3. The van der Waals surface area contributed by atoms with Crippen LogP contribution in [0.2, 0.25) is 0 Å². The highest BCUT2D eigenvalue weighted by Crippen LogP contribution is 2.22. The number of nitrogens with one attached hydrogen (secondary N) is 1. The van der Waals surface area contributed by atoms with E-state index in [2.05, 4.69) is 94.7 Å². The Morgan fingerprint density at radius 1 is 0.794 bits per heavy atom. The molecule has 6 nitrogen and oxygen atoms in total. The van der Waals surface area contributed by atoms with Gasteiger partial charge in [0.25, 0.3) is 5.91 Å². The third-order valence-corrected chi connectivity index (χ3v) is 6.12. The van der Waals surface area contributed by atoms with Crippen molar-refractivity contribution in [2.45, 2.75) is 27.7 Å². The molecule has 0 aliphatic heterocycles. The molecule has 2 heterocycles. The fourth-order valence-corrected chi connectivity index (χ4v) is 4.28. The Morgan fingerprint density at radius 2 is 1.35 bits per heavy atom. The predicted octanol–water partition coefficient (Wildman–Crippen LogP) is 5.33. The summed E-state index contributed by atoms with van der Waals surface area (Å²) in [7, 11) is 4.06. The number of hydrogen-bond donors (Lipinski definition) is 1. The Balaban J connectivity index is 1.46. The van der Waals surface area contributed by atoms with Gasteiger partial charge in [0.15, 0.2) is 0 Å². The molecule has 0 bridgehead atoms.